The van der Waals surface area contributed by atoms with Gasteiger partial charge in [0.2, 0.25) is 11.8 Å². The first kappa shape index (κ1) is 20.8. The first-order valence-corrected chi connectivity index (χ1v) is 10.3. The van der Waals surface area contributed by atoms with Gasteiger partial charge >= 0.3 is 0 Å². The molecule has 0 atom stereocenters. The van der Waals surface area contributed by atoms with Gasteiger partial charge in [-0.25, -0.2) is 0 Å². The number of hydrogen-bond acceptors (Lipinski definition) is 2. The molecule has 0 aliphatic rings. The molecule has 156 valence electrons. The third-order valence-electron chi connectivity index (χ3n) is 4.89. The Morgan fingerprint density at radius 2 is 0.906 bits per heavy atom. The van der Waals surface area contributed by atoms with Crippen molar-refractivity contribution in [2.24, 2.45) is 0 Å². The topological polar surface area (TPSA) is 58.2 Å². The first-order chi connectivity index (χ1) is 15.7. The maximum atomic E-state index is 12.4. The Bertz CT molecular complexity index is 1190. The molecule has 32 heavy (non-hydrogen) atoms. The summed E-state index contributed by atoms with van der Waals surface area (Å²) in [6.07, 6.45) is 6.55. The van der Waals surface area contributed by atoms with Crippen molar-refractivity contribution < 1.29 is 9.59 Å². The second kappa shape index (κ2) is 10.0. The highest BCUT2D eigenvalue weighted by Gasteiger charge is 2.08. The van der Waals surface area contributed by atoms with Crippen molar-refractivity contribution in [2.75, 3.05) is 10.6 Å². The summed E-state index contributed by atoms with van der Waals surface area (Å²) in [5.41, 5.74) is 3.27. The average Bonchev–Trinajstić information content (AvgIpc) is 2.83. The van der Waals surface area contributed by atoms with E-state index in [4.69, 9.17) is 0 Å². The third-order valence-corrected chi connectivity index (χ3v) is 4.89. The molecule has 0 aliphatic carbocycles. The molecule has 4 nitrogen and oxygen atoms in total. The van der Waals surface area contributed by atoms with Crippen molar-refractivity contribution in [1.82, 2.24) is 0 Å². The van der Waals surface area contributed by atoms with Crippen LogP contribution in [-0.4, -0.2) is 11.8 Å². The predicted molar refractivity (Wildman–Crippen MR) is 132 cm³/mol. The number of amides is 2. The van der Waals surface area contributed by atoms with Gasteiger partial charge in [-0.15, -0.1) is 0 Å². The van der Waals surface area contributed by atoms with Crippen LogP contribution < -0.4 is 10.6 Å². The van der Waals surface area contributed by atoms with Crippen LogP contribution in [-0.2, 0) is 9.59 Å². The van der Waals surface area contributed by atoms with Crippen LogP contribution in [0.3, 0.4) is 0 Å². The Labute approximate surface area is 186 Å². The minimum absolute atomic E-state index is 0.221. The lowest BCUT2D eigenvalue weighted by Gasteiger charge is -2.11. The van der Waals surface area contributed by atoms with Crippen LogP contribution in [0.5, 0.6) is 0 Å². The van der Waals surface area contributed by atoms with Crippen LogP contribution in [0.2, 0.25) is 0 Å². The highest BCUT2D eigenvalue weighted by molar-refractivity contribution is 6.12. The van der Waals surface area contributed by atoms with Gasteiger partial charge in [-0.2, -0.15) is 0 Å². The molecular weight excluding hydrogens is 396 g/mol. The Hall–Kier alpha value is -4.44. The van der Waals surface area contributed by atoms with E-state index in [1.165, 1.54) is 12.2 Å². The van der Waals surface area contributed by atoms with Gasteiger partial charge in [-0.1, -0.05) is 84.9 Å². The predicted octanol–water partition coefficient (Wildman–Crippen LogP) is 6.14. The molecule has 0 aromatic heterocycles. The van der Waals surface area contributed by atoms with E-state index in [0.717, 1.165) is 21.9 Å². The third kappa shape index (κ3) is 5.37. The van der Waals surface area contributed by atoms with Crippen LogP contribution in [0.1, 0.15) is 11.1 Å². The first-order valence-electron chi connectivity index (χ1n) is 10.3. The number of rotatable bonds is 6. The van der Waals surface area contributed by atoms with Crippen LogP contribution in [0.15, 0.2) is 109 Å². The molecule has 0 radical (unpaired) electrons. The molecule has 0 saturated heterocycles. The van der Waals surface area contributed by atoms with Crippen molar-refractivity contribution in [2.45, 2.75) is 0 Å². The molecule has 4 rings (SSSR count). The van der Waals surface area contributed by atoms with E-state index in [9.17, 15) is 9.59 Å². The van der Waals surface area contributed by atoms with Crippen LogP contribution in [0.4, 0.5) is 11.4 Å². The number of carbonyl (C=O) groups excluding carboxylic acids is 2. The summed E-state index contributed by atoms with van der Waals surface area (Å²) in [7, 11) is 0. The van der Waals surface area contributed by atoms with E-state index >= 15 is 0 Å². The summed E-state index contributed by atoms with van der Waals surface area (Å²) < 4.78 is 0. The normalized spacial score (nSPS) is 11.1. The number of benzene rings is 4. The Kier molecular flexibility index (Phi) is 6.54. The molecule has 2 N–H and O–H groups in total. The number of carbonyl (C=O) groups is 2. The van der Waals surface area contributed by atoms with Crippen molar-refractivity contribution in [1.29, 1.82) is 0 Å². The standard InChI is InChI=1S/C28H22N2O2/c31-27(19-17-21-9-3-1-4-10-21)29-25-15-7-14-24-23(25)13-8-16-26(24)30-28(32)20-18-22-11-5-2-6-12-22/h1-20H,(H,29,31)(H,30,32)/b19-17-,20-18+. The Morgan fingerprint density at radius 1 is 0.500 bits per heavy atom. The Balaban J connectivity index is 1.51. The van der Waals surface area contributed by atoms with Crippen LogP contribution in [0.25, 0.3) is 22.9 Å². The van der Waals surface area contributed by atoms with E-state index in [1.807, 2.05) is 97.1 Å². The molecule has 0 unspecified atom stereocenters. The molecule has 4 aromatic rings. The van der Waals surface area contributed by atoms with Crippen LogP contribution in [0, 0.1) is 0 Å². The molecule has 0 spiro atoms. The zero-order valence-electron chi connectivity index (χ0n) is 17.4. The fourth-order valence-electron chi connectivity index (χ4n) is 3.35. The van der Waals surface area contributed by atoms with E-state index in [2.05, 4.69) is 10.6 Å². The van der Waals surface area contributed by atoms with Gasteiger partial charge in [0.15, 0.2) is 0 Å². The average molecular weight is 418 g/mol. The summed E-state index contributed by atoms with van der Waals surface area (Å²) in [6.45, 7) is 0. The molecule has 0 fully saturated rings. The van der Waals surface area contributed by atoms with E-state index in [-0.39, 0.29) is 11.8 Å². The lowest BCUT2D eigenvalue weighted by atomic mass is 10.1. The fourth-order valence-corrected chi connectivity index (χ4v) is 3.35. The van der Waals surface area contributed by atoms with Crippen molar-refractivity contribution in [3.8, 4) is 0 Å². The van der Waals surface area contributed by atoms with E-state index in [1.54, 1.807) is 12.2 Å². The minimum Gasteiger partial charge on any atom is -0.322 e. The summed E-state index contributed by atoms with van der Waals surface area (Å²) in [5, 5.41) is 7.55. The number of hydrogen-bond donors (Lipinski definition) is 2. The van der Waals surface area contributed by atoms with Gasteiger partial charge in [0.05, 0.1) is 0 Å². The monoisotopic (exact) mass is 418 g/mol. The summed E-state index contributed by atoms with van der Waals surface area (Å²) in [4.78, 5) is 24.9. The molecule has 4 heteroatoms. The van der Waals surface area contributed by atoms with Gasteiger partial charge in [-0.05, 0) is 35.4 Å². The largest absolute Gasteiger partial charge is 0.322 e. The quantitative estimate of drug-likeness (QED) is 0.369. The van der Waals surface area contributed by atoms with Gasteiger partial charge in [0.25, 0.3) is 0 Å². The second-order valence-electron chi connectivity index (χ2n) is 7.17. The van der Waals surface area contributed by atoms with Gasteiger partial charge in [-0.3, -0.25) is 9.59 Å². The molecule has 4 aromatic carbocycles. The molecular formula is C28H22N2O2. The maximum absolute atomic E-state index is 12.4. The highest BCUT2D eigenvalue weighted by Crippen LogP contribution is 2.29. The van der Waals surface area contributed by atoms with Gasteiger partial charge in [0.1, 0.15) is 0 Å². The fraction of sp³-hybridized carbons (Fsp3) is 0. The summed E-state index contributed by atoms with van der Waals surface area (Å²) in [6, 6.07) is 30.5. The van der Waals surface area contributed by atoms with E-state index < -0.39 is 0 Å². The number of fused-ring (bicyclic) bond motifs is 1. The molecule has 0 heterocycles. The lowest BCUT2D eigenvalue weighted by Crippen LogP contribution is -2.10. The lowest BCUT2D eigenvalue weighted by molar-refractivity contribution is -0.112. The number of anilines is 2. The molecule has 0 aliphatic heterocycles. The SMILES string of the molecule is O=C(/C=C\c1ccccc1)Nc1cccc2c(NC(=O)/C=C/c3ccccc3)cccc12. The Morgan fingerprint density at radius 3 is 1.31 bits per heavy atom. The van der Waals surface area contributed by atoms with Crippen molar-refractivity contribution in [3.63, 3.8) is 0 Å². The zero-order valence-corrected chi connectivity index (χ0v) is 17.4. The van der Waals surface area contributed by atoms with Crippen molar-refractivity contribution >= 4 is 46.1 Å². The minimum atomic E-state index is -0.221. The maximum Gasteiger partial charge on any atom is 0.248 e. The smallest absolute Gasteiger partial charge is 0.248 e. The zero-order chi connectivity index (χ0) is 22.2. The number of nitrogens with one attached hydrogen (secondary N) is 2. The summed E-state index contributed by atoms with van der Waals surface area (Å²) >= 11 is 0. The highest BCUT2D eigenvalue weighted by atomic mass is 16.2. The molecule has 0 saturated carbocycles. The van der Waals surface area contributed by atoms with Crippen LogP contribution >= 0.6 is 0 Å². The van der Waals surface area contributed by atoms with Gasteiger partial charge in [0, 0.05) is 34.3 Å². The van der Waals surface area contributed by atoms with Gasteiger partial charge < -0.3 is 10.6 Å². The molecule has 0 bridgehead atoms. The summed E-state index contributed by atoms with van der Waals surface area (Å²) in [5.74, 6) is -0.442. The van der Waals surface area contributed by atoms with E-state index in [0.29, 0.717) is 11.4 Å². The molecule has 2 amide bonds. The second-order valence-corrected chi connectivity index (χ2v) is 7.17. The van der Waals surface area contributed by atoms with Crippen molar-refractivity contribution in [3.05, 3.63) is 120 Å².